The number of benzene rings is 1. The smallest absolute Gasteiger partial charge is 0.412 e. The SMILES string of the molecule is CC(C)(C)OC(=O)Nc1ccc(C2COC(=O)N2)c(F)c1. The Bertz CT molecular complexity index is 569. The normalized spacial score (nSPS) is 17.9. The molecule has 0 bridgehead atoms. The van der Waals surface area contributed by atoms with Gasteiger partial charge in [0.2, 0.25) is 0 Å². The van der Waals surface area contributed by atoms with Gasteiger partial charge in [0.15, 0.2) is 0 Å². The maximum absolute atomic E-state index is 14.0. The molecule has 2 rings (SSSR count). The van der Waals surface area contributed by atoms with Crippen molar-refractivity contribution in [2.45, 2.75) is 32.4 Å². The van der Waals surface area contributed by atoms with E-state index in [9.17, 15) is 14.0 Å². The lowest BCUT2D eigenvalue weighted by atomic mass is 10.1. The first-order valence-corrected chi connectivity index (χ1v) is 6.47. The van der Waals surface area contributed by atoms with E-state index in [-0.39, 0.29) is 12.3 Å². The van der Waals surface area contributed by atoms with Crippen molar-refractivity contribution in [1.82, 2.24) is 5.32 Å². The molecule has 2 amide bonds. The molecule has 0 aromatic heterocycles. The summed E-state index contributed by atoms with van der Waals surface area (Å²) in [4.78, 5) is 22.5. The van der Waals surface area contributed by atoms with E-state index in [4.69, 9.17) is 9.47 Å². The molecule has 2 N–H and O–H groups in total. The number of carbonyl (C=O) groups is 2. The Morgan fingerprint density at radius 1 is 1.48 bits per heavy atom. The maximum atomic E-state index is 14.0. The van der Waals surface area contributed by atoms with Crippen LogP contribution in [0.2, 0.25) is 0 Å². The maximum Gasteiger partial charge on any atom is 0.412 e. The van der Waals surface area contributed by atoms with Crippen LogP contribution >= 0.6 is 0 Å². The van der Waals surface area contributed by atoms with Crippen molar-refractivity contribution < 1.29 is 23.5 Å². The first kappa shape index (κ1) is 15.1. The highest BCUT2D eigenvalue weighted by Gasteiger charge is 2.26. The van der Waals surface area contributed by atoms with Crippen LogP contribution < -0.4 is 10.6 Å². The molecule has 1 saturated heterocycles. The van der Waals surface area contributed by atoms with Gasteiger partial charge in [0.1, 0.15) is 18.0 Å². The number of cyclic esters (lactones) is 1. The van der Waals surface area contributed by atoms with Crippen LogP contribution in [0.25, 0.3) is 0 Å². The fraction of sp³-hybridized carbons (Fsp3) is 0.429. The number of ether oxygens (including phenoxy) is 2. The molecule has 1 fully saturated rings. The van der Waals surface area contributed by atoms with Crippen molar-refractivity contribution in [2.75, 3.05) is 11.9 Å². The van der Waals surface area contributed by atoms with Crippen LogP contribution in [0.5, 0.6) is 0 Å². The van der Waals surface area contributed by atoms with E-state index < -0.39 is 29.6 Å². The molecule has 114 valence electrons. The highest BCUT2D eigenvalue weighted by atomic mass is 19.1. The molecule has 0 saturated carbocycles. The molecule has 1 aliphatic rings. The monoisotopic (exact) mass is 296 g/mol. The number of anilines is 1. The first-order chi connectivity index (χ1) is 9.74. The van der Waals surface area contributed by atoms with Gasteiger partial charge in [-0.2, -0.15) is 0 Å². The molecule has 0 spiro atoms. The van der Waals surface area contributed by atoms with Crippen molar-refractivity contribution in [2.24, 2.45) is 0 Å². The average Bonchev–Trinajstić information content (AvgIpc) is 2.73. The minimum absolute atomic E-state index is 0.0780. The van der Waals surface area contributed by atoms with Crippen LogP contribution in [0.15, 0.2) is 18.2 Å². The van der Waals surface area contributed by atoms with E-state index in [0.717, 1.165) is 0 Å². The quantitative estimate of drug-likeness (QED) is 0.879. The van der Waals surface area contributed by atoms with Gasteiger partial charge in [0.05, 0.1) is 6.04 Å². The molecule has 21 heavy (non-hydrogen) atoms. The molecule has 0 aliphatic carbocycles. The summed E-state index contributed by atoms with van der Waals surface area (Å²) in [6.45, 7) is 5.28. The van der Waals surface area contributed by atoms with Gasteiger partial charge >= 0.3 is 12.2 Å². The second-order valence-corrected chi connectivity index (χ2v) is 5.66. The number of alkyl carbamates (subject to hydrolysis) is 1. The van der Waals surface area contributed by atoms with Gasteiger partial charge in [0, 0.05) is 11.3 Å². The van der Waals surface area contributed by atoms with Gasteiger partial charge in [0.25, 0.3) is 0 Å². The lowest BCUT2D eigenvalue weighted by Crippen LogP contribution is -2.27. The van der Waals surface area contributed by atoms with E-state index in [1.807, 2.05) is 0 Å². The third kappa shape index (κ3) is 4.08. The minimum atomic E-state index is -0.660. The Morgan fingerprint density at radius 2 is 2.19 bits per heavy atom. The second-order valence-electron chi connectivity index (χ2n) is 5.66. The molecule has 6 nitrogen and oxygen atoms in total. The topological polar surface area (TPSA) is 76.7 Å². The summed E-state index contributed by atoms with van der Waals surface area (Å²) in [5.41, 5.74) is -0.0556. The molecular formula is C14H17FN2O4. The minimum Gasteiger partial charge on any atom is -0.447 e. The Morgan fingerprint density at radius 3 is 2.71 bits per heavy atom. The number of hydrogen-bond donors (Lipinski definition) is 2. The van der Waals surface area contributed by atoms with Crippen LogP contribution in [0.1, 0.15) is 32.4 Å². The van der Waals surface area contributed by atoms with Crippen molar-refractivity contribution in [3.8, 4) is 0 Å². The summed E-state index contributed by atoms with van der Waals surface area (Å²) in [6.07, 6.45) is -1.23. The molecule has 1 unspecified atom stereocenters. The molecule has 1 atom stereocenters. The van der Waals surface area contributed by atoms with Crippen LogP contribution in [-0.4, -0.2) is 24.4 Å². The van der Waals surface area contributed by atoms with Crippen molar-refractivity contribution >= 4 is 17.9 Å². The lowest BCUT2D eigenvalue weighted by molar-refractivity contribution is 0.0636. The summed E-state index contributed by atoms with van der Waals surface area (Å²) < 4.78 is 23.8. The van der Waals surface area contributed by atoms with Crippen molar-refractivity contribution in [1.29, 1.82) is 0 Å². The Labute approximate surface area is 121 Å². The molecule has 1 aromatic carbocycles. The highest BCUT2D eigenvalue weighted by molar-refractivity contribution is 5.84. The van der Waals surface area contributed by atoms with Gasteiger partial charge in [-0.1, -0.05) is 6.07 Å². The highest BCUT2D eigenvalue weighted by Crippen LogP contribution is 2.24. The zero-order valence-electron chi connectivity index (χ0n) is 12.0. The van der Waals surface area contributed by atoms with E-state index in [2.05, 4.69) is 10.6 Å². The molecule has 1 aromatic rings. The number of rotatable bonds is 2. The number of carbonyl (C=O) groups excluding carboxylic acids is 2. The summed E-state index contributed by atoms with van der Waals surface area (Å²) in [5, 5.41) is 4.94. The van der Waals surface area contributed by atoms with Crippen molar-refractivity contribution in [3.05, 3.63) is 29.6 Å². The molecular weight excluding hydrogens is 279 g/mol. The predicted molar refractivity (Wildman–Crippen MR) is 73.5 cm³/mol. The Balaban J connectivity index is 2.05. The summed E-state index contributed by atoms with van der Waals surface area (Å²) >= 11 is 0. The zero-order valence-corrected chi connectivity index (χ0v) is 12.0. The Kier molecular flexibility index (Phi) is 4.02. The predicted octanol–water partition coefficient (Wildman–Crippen LogP) is 2.95. The molecule has 1 heterocycles. The lowest BCUT2D eigenvalue weighted by Gasteiger charge is -2.20. The van der Waals surface area contributed by atoms with Crippen LogP contribution in [-0.2, 0) is 9.47 Å². The van der Waals surface area contributed by atoms with Gasteiger partial charge in [-0.05, 0) is 32.9 Å². The van der Waals surface area contributed by atoms with Crippen LogP contribution in [0.3, 0.4) is 0 Å². The molecule has 0 radical (unpaired) electrons. The summed E-state index contributed by atoms with van der Waals surface area (Å²) in [7, 11) is 0. The third-order valence-electron chi connectivity index (χ3n) is 2.69. The first-order valence-electron chi connectivity index (χ1n) is 6.47. The number of hydrogen-bond acceptors (Lipinski definition) is 4. The van der Waals surface area contributed by atoms with Gasteiger partial charge in [-0.3, -0.25) is 5.32 Å². The van der Waals surface area contributed by atoms with E-state index in [1.165, 1.54) is 18.2 Å². The van der Waals surface area contributed by atoms with E-state index >= 15 is 0 Å². The Hall–Kier alpha value is -2.31. The number of amides is 2. The zero-order chi connectivity index (χ0) is 15.6. The van der Waals surface area contributed by atoms with E-state index in [0.29, 0.717) is 5.56 Å². The van der Waals surface area contributed by atoms with Gasteiger partial charge in [-0.25, -0.2) is 14.0 Å². The van der Waals surface area contributed by atoms with Gasteiger partial charge in [-0.15, -0.1) is 0 Å². The number of halogens is 1. The average molecular weight is 296 g/mol. The van der Waals surface area contributed by atoms with Crippen LogP contribution in [0.4, 0.5) is 19.7 Å². The van der Waals surface area contributed by atoms with E-state index in [1.54, 1.807) is 20.8 Å². The fourth-order valence-corrected chi connectivity index (χ4v) is 1.86. The fourth-order valence-electron chi connectivity index (χ4n) is 1.86. The largest absolute Gasteiger partial charge is 0.447 e. The second kappa shape index (κ2) is 5.59. The summed E-state index contributed by atoms with van der Waals surface area (Å²) in [6, 6.07) is 3.67. The molecule has 1 aliphatic heterocycles. The van der Waals surface area contributed by atoms with Crippen LogP contribution in [0, 0.1) is 5.82 Å². The number of nitrogens with one attached hydrogen (secondary N) is 2. The summed E-state index contributed by atoms with van der Waals surface area (Å²) in [5.74, 6) is -0.542. The standard InChI is InChI=1S/C14H17FN2O4/c1-14(2,3)21-13(19)16-8-4-5-9(10(15)6-8)11-7-20-12(18)17-11/h4-6,11H,7H2,1-3H3,(H,16,19)(H,17,18). The van der Waals surface area contributed by atoms with Gasteiger partial charge < -0.3 is 14.8 Å². The third-order valence-corrected chi connectivity index (χ3v) is 2.69. The van der Waals surface area contributed by atoms with Crippen molar-refractivity contribution in [3.63, 3.8) is 0 Å². The molecule has 7 heteroatoms.